The van der Waals surface area contributed by atoms with Gasteiger partial charge in [-0.1, -0.05) is 0 Å². The predicted molar refractivity (Wildman–Crippen MR) is 46.0 cm³/mol. The van der Waals surface area contributed by atoms with E-state index >= 15 is 0 Å². The molecule has 1 aromatic rings. The molecule has 0 unspecified atom stereocenters. The van der Waals surface area contributed by atoms with Crippen LogP contribution >= 0.6 is 11.3 Å². The molecule has 1 aromatic heterocycles. The van der Waals surface area contributed by atoms with Gasteiger partial charge in [-0.2, -0.15) is 0 Å². The van der Waals surface area contributed by atoms with Crippen LogP contribution in [0.2, 0.25) is 0 Å². The van der Waals surface area contributed by atoms with Crippen molar-refractivity contribution in [2.75, 3.05) is 7.11 Å². The van der Waals surface area contributed by atoms with Crippen LogP contribution in [0.5, 0.6) is 0 Å². The minimum Gasteiger partial charge on any atom is -0.465 e. The number of carbonyl (C=O) groups excluding carboxylic acids is 1. The molecule has 0 spiro atoms. The third kappa shape index (κ3) is 1.83. The summed E-state index contributed by atoms with van der Waals surface area (Å²) in [4.78, 5) is 15.6. The first-order valence-electron chi connectivity index (χ1n) is 3.28. The number of carbonyl (C=O) groups is 1. The van der Waals surface area contributed by atoms with Gasteiger partial charge in [0.15, 0.2) is 0 Å². The first-order chi connectivity index (χ1) is 5.77. The summed E-state index contributed by atoms with van der Waals surface area (Å²) in [5.74, 6) is -0.337. The van der Waals surface area contributed by atoms with Gasteiger partial charge in [-0.25, -0.2) is 11.4 Å². The van der Waals surface area contributed by atoms with Crippen molar-refractivity contribution in [1.29, 1.82) is 0 Å². The standard InChI is InChI=1S/C8H7NO2S/c1-9-5-6-3-4-7(12-6)8(10)11-2/h3-4H,5H2,2H3. The molecule has 1 heterocycles. The van der Waals surface area contributed by atoms with Gasteiger partial charge >= 0.3 is 5.97 Å². The highest BCUT2D eigenvalue weighted by Crippen LogP contribution is 2.17. The van der Waals surface area contributed by atoms with Gasteiger partial charge in [-0.15, -0.1) is 11.3 Å². The zero-order valence-corrected chi connectivity index (χ0v) is 7.35. The second-order valence-electron chi connectivity index (χ2n) is 2.07. The molecular weight excluding hydrogens is 174 g/mol. The van der Waals surface area contributed by atoms with Crippen LogP contribution in [0.1, 0.15) is 14.5 Å². The molecule has 12 heavy (non-hydrogen) atoms. The molecule has 0 atom stereocenters. The zero-order chi connectivity index (χ0) is 8.97. The molecule has 0 aromatic carbocycles. The Morgan fingerprint density at radius 1 is 1.75 bits per heavy atom. The highest BCUT2D eigenvalue weighted by Gasteiger charge is 2.09. The number of thiophene rings is 1. The fraction of sp³-hybridized carbons (Fsp3) is 0.250. The van der Waals surface area contributed by atoms with Crippen LogP contribution in [0.3, 0.4) is 0 Å². The van der Waals surface area contributed by atoms with Crippen molar-refractivity contribution >= 4 is 17.3 Å². The number of rotatable bonds is 2. The number of hydrogen-bond donors (Lipinski definition) is 0. The van der Waals surface area contributed by atoms with E-state index in [9.17, 15) is 4.79 Å². The maximum atomic E-state index is 10.9. The largest absolute Gasteiger partial charge is 0.465 e. The Kier molecular flexibility index (Phi) is 2.83. The number of methoxy groups -OCH3 is 1. The van der Waals surface area contributed by atoms with E-state index in [4.69, 9.17) is 6.57 Å². The molecule has 0 N–H and O–H groups in total. The average Bonchev–Trinajstić information content (AvgIpc) is 2.52. The summed E-state index contributed by atoms with van der Waals surface area (Å²) in [5.41, 5.74) is 0. The monoisotopic (exact) mass is 181 g/mol. The van der Waals surface area contributed by atoms with Crippen LogP contribution in [-0.2, 0) is 11.3 Å². The third-order valence-electron chi connectivity index (χ3n) is 1.28. The van der Waals surface area contributed by atoms with Crippen molar-refractivity contribution in [3.8, 4) is 0 Å². The Bertz CT molecular complexity index is 324. The van der Waals surface area contributed by atoms with Crippen LogP contribution in [0.25, 0.3) is 4.85 Å². The first-order valence-corrected chi connectivity index (χ1v) is 4.10. The van der Waals surface area contributed by atoms with E-state index in [0.29, 0.717) is 11.4 Å². The van der Waals surface area contributed by atoms with Gasteiger partial charge < -0.3 is 9.58 Å². The molecule has 62 valence electrons. The van der Waals surface area contributed by atoms with Gasteiger partial charge in [0.05, 0.1) is 12.0 Å². The SMILES string of the molecule is [C-]#[N+]Cc1ccc(C(=O)OC)s1. The van der Waals surface area contributed by atoms with E-state index in [1.54, 1.807) is 12.1 Å². The van der Waals surface area contributed by atoms with Gasteiger partial charge in [-0.3, -0.25) is 0 Å². The van der Waals surface area contributed by atoms with Gasteiger partial charge in [0.25, 0.3) is 0 Å². The molecule has 0 saturated carbocycles. The van der Waals surface area contributed by atoms with Crippen molar-refractivity contribution in [3.63, 3.8) is 0 Å². The summed E-state index contributed by atoms with van der Waals surface area (Å²) in [6.45, 7) is 6.95. The Hall–Kier alpha value is -1.34. The number of nitrogens with zero attached hydrogens (tertiary/aromatic N) is 1. The van der Waals surface area contributed by atoms with Crippen LogP contribution in [0.4, 0.5) is 0 Å². The fourth-order valence-corrected chi connectivity index (χ4v) is 1.60. The maximum absolute atomic E-state index is 10.9. The Morgan fingerprint density at radius 2 is 2.50 bits per heavy atom. The molecule has 0 saturated heterocycles. The van der Waals surface area contributed by atoms with Gasteiger partial charge in [0.2, 0.25) is 6.54 Å². The lowest BCUT2D eigenvalue weighted by atomic mass is 10.4. The van der Waals surface area contributed by atoms with Gasteiger partial charge in [-0.05, 0) is 12.1 Å². The van der Waals surface area contributed by atoms with Crippen molar-refractivity contribution in [2.45, 2.75) is 6.54 Å². The van der Waals surface area contributed by atoms with Crippen LogP contribution < -0.4 is 0 Å². The molecule has 0 amide bonds. The molecule has 0 bridgehead atoms. The van der Waals surface area contributed by atoms with Crippen molar-refractivity contribution in [3.05, 3.63) is 33.3 Å². The average molecular weight is 181 g/mol. The summed E-state index contributed by atoms with van der Waals surface area (Å²) in [7, 11) is 1.34. The normalized spacial score (nSPS) is 9.00. The predicted octanol–water partition coefficient (Wildman–Crippen LogP) is 1.95. The maximum Gasteiger partial charge on any atom is 0.348 e. The van der Waals surface area contributed by atoms with Crippen LogP contribution in [0.15, 0.2) is 12.1 Å². The van der Waals surface area contributed by atoms with Gasteiger partial charge in [0, 0.05) is 0 Å². The van der Waals surface area contributed by atoms with Crippen molar-refractivity contribution in [2.24, 2.45) is 0 Å². The first kappa shape index (κ1) is 8.75. The number of esters is 1. The zero-order valence-electron chi connectivity index (χ0n) is 6.53. The van der Waals surface area contributed by atoms with Crippen LogP contribution in [0, 0.1) is 6.57 Å². The van der Waals surface area contributed by atoms with Crippen LogP contribution in [-0.4, -0.2) is 13.1 Å². The highest BCUT2D eigenvalue weighted by atomic mass is 32.1. The van der Waals surface area contributed by atoms with E-state index in [1.165, 1.54) is 18.4 Å². The molecule has 0 aliphatic carbocycles. The number of hydrogen-bond acceptors (Lipinski definition) is 3. The summed E-state index contributed by atoms with van der Waals surface area (Å²) in [6, 6.07) is 3.45. The smallest absolute Gasteiger partial charge is 0.348 e. The molecule has 4 heteroatoms. The lowest BCUT2D eigenvalue weighted by Gasteiger charge is -1.90. The Balaban J connectivity index is 2.78. The molecule has 3 nitrogen and oxygen atoms in total. The summed E-state index contributed by atoms with van der Waals surface area (Å²) >= 11 is 1.30. The third-order valence-corrected chi connectivity index (χ3v) is 2.33. The molecule has 0 fully saturated rings. The Labute approximate surface area is 74.4 Å². The molecule has 0 aliphatic rings. The minimum atomic E-state index is -0.337. The molecule has 0 aliphatic heterocycles. The minimum absolute atomic E-state index is 0.335. The lowest BCUT2D eigenvalue weighted by Crippen LogP contribution is -1.96. The quantitative estimate of drug-likeness (QED) is 0.515. The molecule has 0 radical (unpaired) electrons. The van der Waals surface area contributed by atoms with E-state index in [2.05, 4.69) is 9.58 Å². The lowest BCUT2D eigenvalue weighted by molar-refractivity contribution is 0.0606. The van der Waals surface area contributed by atoms with E-state index in [-0.39, 0.29) is 5.97 Å². The second kappa shape index (κ2) is 3.88. The summed E-state index contributed by atoms with van der Waals surface area (Å²) in [6.07, 6.45) is 0. The van der Waals surface area contributed by atoms with Gasteiger partial charge in [0.1, 0.15) is 4.88 Å². The van der Waals surface area contributed by atoms with E-state index in [0.717, 1.165) is 4.88 Å². The summed E-state index contributed by atoms with van der Waals surface area (Å²) in [5, 5.41) is 0. The highest BCUT2D eigenvalue weighted by molar-refractivity contribution is 7.13. The van der Waals surface area contributed by atoms with Crippen molar-refractivity contribution in [1.82, 2.24) is 0 Å². The topological polar surface area (TPSA) is 30.7 Å². The number of ether oxygens (including phenoxy) is 1. The van der Waals surface area contributed by atoms with E-state index < -0.39 is 0 Å². The molecule has 1 rings (SSSR count). The van der Waals surface area contributed by atoms with Crippen molar-refractivity contribution < 1.29 is 9.53 Å². The molecular formula is C8H7NO2S. The summed E-state index contributed by atoms with van der Waals surface area (Å²) < 4.78 is 4.52. The fourth-order valence-electron chi connectivity index (χ4n) is 0.751. The second-order valence-corrected chi connectivity index (χ2v) is 3.24. The van der Waals surface area contributed by atoms with E-state index in [1.807, 2.05) is 0 Å². The Morgan fingerprint density at radius 3 is 3.08 bits per heavy atom.